The number of pyridine rings is 1. The summed E-state index contributed by atoms with van der Waals surface area (Å²) in [5, 5.41) is 5.56. The van der Waals surface area contributed by atoms with Gasteiger partial charge in [0.05, 0.1) is 18.7 Å². The number of aromatic nitrogens is 1. The van der Waals surface area contributed by atoms with Gasteiger partial charge in [0, 0.05) is 33.9 Å². The molecule has 20 heavy (non-hydrogen) atoms. The van der Waals surface area contributed by atoms with Crippen LogP contribution in [0.5, 0.6) is 0 Å². The fraction of sp³-hybridized carbons (Fsp3) is 0.462. The quantitative estimate of drug-likeness (QED) is 0.685. The molecule has 0 radical (unpaired) electrons. The second-order valence-electron chi connectivity index (χ2n) is 4.33. The van der Waals surface area contributed by atoms with E-state index in [0.29, 0.717) is 24.5 Å². The first-order valence-electron chi connectivity index (χ1n) is 6.22. The molecule has 0 aliphatic heterocycles. The van der Waals surface area contributed by atoms with E-state index in [1.54, 1.807) is 33.3 Å². The van der Waals surface area contributed by atoms with Crippen molar-refractivity contribution in [2.45, 2.75) is 0 Å². The first-order valence-corrected chi connectivity index (χ1v) is 6.22. The minimum absolute atomic E-state index is 0.110. The SMILES string of the molecule is COCCNC(=O)CNc1ccc(C(=O)N(C)C)cn1. The third-order valence-electron chi connectivity index (χ3n) is 2.48. The van der Waals surface area contributed by atoms with Crippen LogP contribution < -0.4 is 10.6 Å². The van der Waals surface area contributed by atoms with E-state index in [0.717, 1.165) is 0 Å². The van der Waals surface area contributed by atoms with E-state index in [-0.39, 0.29) is 18.4 Å². The van der Waals surface area contributed by atoms with Crippen molar-refractivity contribution in [2.75, 3.05) is 46.2 Å². The Hall–Kier alpha value is -2.15. The number of rotatable bonds is 7. The maximum absolute atomic E-state index is 11.7. The van der Waals surface area contributed by atoms with Crippen LogP contribution in [-0.4, -0.2) is 62.6 Å². The minimum Gasteiger partial charge on any atom is -0.383 e. The van der Waals surface area contributed by atoms with E-state index in [2.05, 4.69) is 15.6 Å². The Kier molecular flexibility index (Phi) is 6.45. The molecule has 0 fully saturated rings. The van der Waals surface area contributed by atoms with E-state index in [1.807, 2.05) is 0 Å². The highest BCUT2D eigenvalue weighted by molar-refractivity contribution is 5.93. The van der Waals surface area contributed by atoms with Gasteiger partial charge in [0.25, 0.3) is 5.91 Å². The van der Waals surface area contributed by atoms with Crippen LogP contribution in [0.4, 0.5) is 5.82 Å². The molecule has 0 aromatic carbocycles. The van der Waals surface area contributed by atoms with Crippen LogP contribution in [0, 0.1) is 0 Å². The van der Waals surface area contributed by atoms with Crippen LogP contribution in [0.25, 0.3) is 0 Å². The average Bonchev–Trinajstić information content (AvgIpc) is 2.45. The fourth-order valence-electron chi connectivity index (χ4n) is 1.41. The number of hydrogen-bond donors (Lipinski definition) is 2. The molecule has 0 unspecified atom stereocenters. The third kappa shape index (κ3) is 5.23. The summed E-state index contributed by atoms with van der Waals surface area (Å²) in [5.74, 6) is 0.292. The number of hydrogen-bond acceptors (Lipinski definition) is 5. The van der Waals surface area contributed by atoms with Crippen LogP contribution in [0.3, 0.4) is 0 Å². The Bertz CT molecular complexity index is 445. The standard InChI is InChI=1S/C13H20N4O3/c1-17(2)13(19)10-4-5-11(15-8-10)16-9-12(18)14-6-7-20-3/h4-5,8H,6-7,9H2,1-3H3,(H,14,18)(H,15,16). The summed E-state index contributed by atoms with van der Waals surface area (Å²) in [6.45, 7) is 1.07. The molecule has 2 amide bonds. The molecule has 0 aliphatic rings. The number of nitrogens with one attached hydrogen (secondary N) is 2. The van der Waals surface area contributed by atoms with Gasteiger partial charge in [-0.25, -0.2) is 4.98 Å². The smallest absolute Gasteiger partial charge is 0.254 e. The van der Waals surface area contributed by atoms with E-state index in [9.17, 15) is 9.59 Å². The van der Waals surface area contributed by atoms with Crippen molar-refractivity contribution >= 4 is 17.6 Å². The van der Waals surface area contributed by atoms with Gasteiger partial charge in [-0.1, -0.05) is 0 Å². The van der Waals surface area contributed by atoms with Crippen molar-refractivity contribution in [1.29, 1.82) is 0 Å². The van der Waals surface area contributed by atoms with Crippen molar-refractivity contribution < 1.29 is 14.3 Å². The fourth-order valence-corrected chi connectivity index (χ4v) is 1.41. The van der Waals surface area contributed by atoms with Gasteiger partial charge in [0.15, 0.2) is 0 Å². The Morgan fingerprint density at radius 3 is 2.65 bits per heavy atom. The van der Waals surface area contributed by atoms with Crippen LogP contribution in [0.1, 0.15) is 10.4 Å². The molecule has 0 saturated heterocycles. The molecule has 1 aromatic rings. The summed E-state index contributed by atoms with van der Waals surface area (Å²) in [7, 11) is 4.93. The summed E-state index contributed by atoms with van der Waals surface area (Å²) in [5.41, 5.74) is 0.505. The molecule has 2 N–H and O–H groups in total. The van der Waals surface area contributed by atoms with Crippen LogP contribution in [0.15, 0.2) is 18.3 Å². The molecule has 7 nitrogen and oxygen atoms in total. The van der Waals surface area contributed by atoms with Gasteiger partial charge >= 0.3 is 0 Å². The molecule has 7 heteroatoms. The lowest BCUT2D eigenvalue weighted by Gasteiger charge is -2.10. The van der Waals surface area contributed by atoms with Crippen molar-refractivity contribution in [3.63, 3.8) is 0 Å². The summed E-state index contributed by atoms with van der Waals surface area (Å²) in [6.07, 6.45) is 1.48. The number of amides is 2. The lowest BCUT2D eigenvalue weighted by Crippen LogP contribution is -2.32. The molecule has 1 rings (SSSR count). The highest BCUT2D eigenvalue weighted by Gasteiger charge is 2.08. The largest absolute Gasteiger partial charge is 0.383 e. The minimum atomic E-state index is -0.141. The topological polar surface area (TPSA) is 83.6 Å². The van der Waals surface area contributed by atoms with E-state index < -0.39 is 0 Å². The first-order chi connectivity index (χ1) is 9.54. The van der Waals surface area contributed by atoms with Crippen LogP contribution in [0.2, 0.25) is 0 Å². The predicted octanol–water partition coefficient (Wildman–Crippen LogP) is -0.0421. The van der Waals surface area contributed by atoms with Crippen molar-refractivity contribution in [3.8, 4) is 0 Å². The molecule has 110 valence electrons. The van der Waals surface area contributed by atoms with Crippen LogP contribution in [-0.2, 0) is 9.53 Å². The number of carbonyl (C=O) groups is 2. The Morgan fingerprint density at radius 2 is 2.10 bits per heavy atom. The maximum Gasteiger partial charge on any atom is 0.254 e. The van der Waals surface area contributed by atoms with Crippen molar-refractivity contribution in [1.82, 2.24) is 15.2 Å². The number of nitrogens with zero attached hydrogens (tertiary/aromatic N) is 2. The monoisotopic (exact) mass is 280 g/mol. The number of ether oxygens (including phenoxy) is 1. The van der Waals surface area contributed by atoms with Gasteiger partial charge in [-0.3, -0.25) is 9.59 Å². The third-order valence-corrected chi connectivity index (χ3v) is 2.48. The molecular formula is C13H20N4O3. The molecule has 0 spiro atoms. The van der Waals surface area contributed by atoms with Gasteiger partial charge in [-0.05, 0) is 12.1 Å². The van der Waals surface area contributed by atoms with Gasteiger partial charge in [0.1, 0.15) is 5.82 Å². The normalized spacial score (nSPS) is 9.95. The molecule has 1 heterocycles. The Balaban J connectivity index is 2.42. The molecular weight excluding hydrogens is 260 g/mol. The number of carbonyl (C=O) groups excluding carboxylic acids is 2. The van der Waals surface area contributed by atoms with Crippen molar-refractivity contribution in [2.24, 2.45) is 0 Å². The average molecular weight is 280 g/mol. The van der Waals surface area contributed by atoms with E-state index in [1.165, 1.54) is 11.1 Å². The van der Waals surface area contributed by atoms with Crippen LogP contribution >= 0.6 is 0 Å². The van der Waals surface area contributed by atoms with Gasteiger partial charge in [-0.2, -0.15) is 0 Å². The summed E-state index contributed by atoms with van der Waals surface area (Å²) < 4.78 is 4.83. The first kappa shape index (κ1) is 15.9. The van der Waals surface area contributed by atoms with Gasteiger partial charge in [-0.15, -0.1) is 0 Å². The predicted molar refractivity (Wildman–Crippen MR) is 75.6 cm³/mol. The second kappa shape index (κ2) is 8.11. The van der Waals surface area contributed by atoms with Gasteiger partial charge < -0.3 is 20.3 Å². The molecule has 0 aliphatic carbocycles. The zero-order valence-electron chi connectivity index (χ0n) is 12.0. The summed E-state index contributed by atoms with van der Waals surface area (Å²) in [6, 6.07) is 3.33. The lowest BCUT2D eigenvalue weighted by molar-refractivity contribution is -0.119. The molecule has 0 atom stereocenters. The molecule has 0 bridgehead atoms. The van der Waals surface area contributed by atoms with E-state index in [4.69, 9.17) is 4.74 Å². The Morgan fingerprint density at radius 1 is 1.35 bits per heavy atom. The van der Waals surface area contributed by atoms with Gasteiger partial charge in [0.2, 0.25) is 5.91 Å². The molecule has 0 saturated carbocycles. The highest BCUT2D eigenvalue weighted by atomic mass is 16.5. The number of methoxy groups -OCH3 is 1. The lowest BCUT2D eigenvalue weighted by atomic mass is 10.2. The number of anilines is 1. The second-order valence-corrected chi connectivity index (χ2v) is 4.33. The maximum atomic E-state index is 11.7. The zero-order chi connectivity index (χ0) is 15.0. The van der Waals surface area contributed by atoms with E-state index >= 15 is 0 Å². The highest BCUT2D eigenvalue weighted by Crippen LogP contribution is 2.06. The summed E-state index contributed by atoms with van der Waals surface area (Å²) >= 11 is 0. The zero-order valence-corrected chi connectivity index (χ0v) is 12.0. The van der Waals surface area contributed by atoms with Crippen molar-refractivity contribution in [3.05, 3.63) is 23.9 Å². The summed E-state index contributed by atoms with van der Waals surface area (Å²) in [4.78, 5) is 28.7. The Labute approximate surface area is 118 Å². The molecule has 1 aromatic heterocycles.